The van der Waals surface area contributed by atoms with E-state index >= 15 is 0 Å². The van der Waals surface area contributed by atoms with Crippen molar-refractivity contribution in [3.63, 3.8) is 0 Å². The van der Waals surface area contributed by atoms with Gasteiger partial charge < -0.3 is 10.2 Å². The van der Waals surface area contributed by atoms with Crippen molar-refractivity contribution in [3.05, 3.63) is 0 Å². The molecule has 0 unspecified atom stereocenters. The van der Waals surface area contributed by atoms with E-state index in [0.29, 0.717) is 0 Å². The Morgan fingerprint density at radius 2 is 2.08 bits per heavy atom. The minimum atomic E-state index is -0.00984. The number of nitrogens with zero attached hydrogens (tertiary/aromatic N) is 1. The SMILES string of the molecule is CC(=O)N1CCNCC1(C)C.Cl. The molecular formula is C8H17ClN2O. The first-order valence-corrected chi connectivity index (χ1v) is 4.03. The van der Waals surface area contributed by atoms with Crippen LogP contribution in [0, 0.1) is 0 Å². The van der Waals surface area contributed by atoms with Crippen LogP contribution in [-0.2, 0) is 4.79 Å². The molecule has 12 heavy (non-hydrogen) atoms. The molecule has 0 bridgehead atoms. The zero-order valence-corrected chi connectivity index (χ0v) is 8.70. The maximum atomic E-state index is 11.1. The van der Waals surface area contributed by atoms with Gasteiger partial charge in [-0.15, -0.1) is 12.4 Å². The number of hydrogen-bond acceptors (Lipinski definition) is 2. The fourth-order valence-corrected chi connectivity index (χ4v) is 1.57. The third-order valence-corrected chi connectivity index (χ3v) is 2.18. The van der Waals surface area contributed by atoms with Crippen molar-refractivity contribution in [2.75, 3.05) is 19.6 Å². The second-order valence-electron chi connectivity index (χ2n) is 3.66. The predicted octanol–water partition coefficient (Wildman–Crippen LogP) is 0.638. The Labute approximate surface area is 79.9 Å². The van der Waals surface area contributed by atoms with Crippen molar-refractivity contribution in [2.24, 2.45) is 0 Å². The Balaban J connectivity index is 0.00000121. The fourth-order valence-electron chi connectivity index (χ4n) is 1.57. The van der Waals surface area contributed by atoms with E-state index in [0.717, 1.165) is 19.6 Å². The lowest BCUT2D eigenvalue weighted by Gasteiger charge is -2.42. The van der Waals surface area contributed by atoms with Gasteiger partial charge in [-0.3, -0.25) is 4.79 Å². The summed E-state index contributed by atoms with van der Waals surface area (Å²) < 4.78 is 0. The van der Waals surface area contributed by atoms with E-state index in [4.69, 9.17) is 0 Å². The van der Waals surface area contributed by atoms with E-state index in [-0.39, 0.29) is 23.9 Å². The molecule has 1 heterocycles. The summed E-state index contributed by atoms with van der Waals surface area (Å²) >= 11 is 0. The molecule has 1 rings (SSSR count). The van der Waals surface area contributed by atoms with Crippen LogP contribution in [0.4, 0.5) is 0 Å². The summed E-state index contributed by atoms with van der Waals surface area (Å²) in [5.41, 5.74) is -0.00984. The van der Waals surface area contributed by atoms with Gasteiger partial charge in [0.05, 0.1) is 0 Å². The second kappa shape index (κ2) is 4.10. The van der Waals surface area contributed by atoms with E-state index in [1.54, 1.807) is 6.92 Å². The van der Waals surface area contributed by atoms with Crippen molar-refractivity contribution >= 4 is 18.3 Å². The molecule has 0 aromatic rings. The van der Waals surface area contributed by atoms with Crippen molar-refractivity contribution in [1.82, 2.24) is 10.2 Å². The summed E-state index contributed by atoms with van der Waals surface area (Å²) in [6, 6.07) is 0. The lowest BCUT2D eigenvalue weighted by molar-refractivity contribution is -0.135. The molecule has 1 N–H and O–H groups in total. The number of carbonyl (C=O) groups excluding carboxylic acids is 1. The van der Waals surface area contributed by atoms with Crippen LogP contribution in [0.5, 0.6) is 0 Å². The van der Waals surface area contributed by atoms with E-state index in [1.807, 2.05) is 4.90 Å². The van der Waals surface area contributed by atoms with Crippen LogP contribution in [0.15, 0.2) is 0 Å². The van der Waals surface area contributed by atoms with E-state index < -0.39 is 0 Å². The molecule has 0 saturated carbocycles. The van der Waals surface area contributed by atoms with Crippen LogP contribution in [0.3, 0.4) is 0 Å². The first-order chi connectivity index (χ1) is 5.04. The zero-order chi connectivity index (χ0) is 8.48. The molecule has 0 aromatic carbocycles. The fraction of sp³-hybridized carbons (Fsp3) is 0.875. The van der Waals surface area contributed by atoms with Gasteiger partial charge in [0.25, 0.3) is 0 Å². The number of piperazine rings is 1. The summed E-state index contributed by atoms with van der Waals surface area (Å²) in [6.45, 7) is 8.45. The topological polar surface area (TPSA) is 32.3 Å². The van der Waals surface area contributed by atoms with Gasteiger partial charge in [-0.2, -0.15) is 0 Å². The molecule has 1 fully saturated rings. The van der Waals surface area contributed by atoms with Gasteiger partial charge in [-0.05, 0) is 13.8 Å². The summed E-state index contributed by atoms with van der Waals surface area (Å²) in [5.74, 6) is 0.177. The number of rotatable bonds is 0. The quantitative estimate of drug-likeness (QED) is 0.611. The summed E-state index contributed by atoms with van der Waals surface area (Å²) in [7, 11) is 0. The van der Waals surface area contributed by atoms with Crippen LogP contribution in [0.2, 0.25) is 0 Å². The number of hydrogen-bond donors (Lipinski definition) is 1. The van der Waals surface area contributed by atoms with Crippen LogP contribution in [0.1, 0.15) is 20.8 Å². The minimum absolute atomic E-state index is 0. The molecule has 1 aliphatic rings. The van der Waals surface area contributed by atoms with Crippen LogP contribution < -0.4 is 5.32 Å². The Hall–Kier alpha value is -0.280. The molecular weight excluding hydrogens is 176 g/mol. The summed E-state index contributed by atoms with van der Waals surface area (Å²) in [5, 5.41) is 3.27. The number of carbonyl (C=O) groups is 1. The maximum absolute atomic E-state index is 11.1. The average molecular weight is 193 g/mol. The zero-order valence-electron chi connectivity index (χ0n) is 7.89. The Morgan fingerprint density at radius 3 is 2.42 bits per heavy atom. The Kier molecular flexibility index (Phi) is 4.00. The largest absolute Gasteiger partial charge is 0.335 e. The first kappa shape index (κ1) is 11.7. The first-order valence-electron chi connectivity index (χ1n) is 4.03. The maximum Gasteiger partial charge on any atom is 0.219 e. The highest BCUT2D eigenvalue weighted by molar-refractivity contribution is 5.85. The van der Waals surface area contributed by atoms with Crippen molar-refractivity contribution in [2.45, 2.75) is 26.3 Å². The molecule has 1 amide bonds. The molecule has 1 aliphatic heterocycles. The Bertz CT molecular complexity index is 170. The van der Waals surface area contributed by atoms with Gasteiger partial charge in [-0.25, -0.2) is 0 Å². The lowest BCUT2D eigenvalue weighted by Crippen LogP contribution is -2.59. The van der Waals surface area contributed by atoms with Crippen molar-refractivity contribution in [1.29, 1.82) is 0 Å². The highest BCUT2D eigenvalue weighted by atomic mass is 35.5. The molecule has 0 aromatic heterocycles. The highest BCUT2D eigenvalue weighted by Gasteiger charge is 2.30. The van der Waals surface area contributed by atoms with Gasteiger partial charge in [0.2, 0.25) is 5.91 Å². The summed E-state index contributed by atoms with van der Waals surface area (Å²) in [4.78, 5) is 13.0. The Morgan fingerprint density at radius 1 is 1.50 bits per heavy atom. The lowest BCUT2D eigenvalue weighted by atomic mass is 10.0. The predicted molar refractivity (Wildman–Crippen MR) is 51.6 cm³/mol. The molecule has 0 aliphatic carbocycles. The molecule has 4 heteroatoms. The molecule has 0 spiro atoms. The molecule has 72 valence electrons. The second-order valence-corrected chi connectivity index (χ2v) is 3.66. The number of amides is 1. The average Bonchev–Trinajstić information content (AvgIpc) is 1.85. The van der Waals surface area contributed by atoms with Gasteiger partial charge in [0, 0.05) is 32.1 Å². The van der Waals surface area contributed by atoms with Gasteiger partial charge in [0.15, 0.2) is 0 Å². The number of halogens is 1. The van der Waals surface area contributed by atoms with Crippen LogP contribution in [0.25, 0.3) is 0 Å². The highest BCUT2D eigenvalue weighted by Crippen LogP contribution is 2.15. The van der Waals surface area contributed by atoms with Gasteiger partial charge in [-0.1, -0.05) is 0 Å². The molecule has 3 nitrogen and oxygen atoms in total. The van der Waals surface area contributed by atoms with Crippen molar-refractivity contribution in [3.8, 4) is 0 Å². The monoisotopic (exact) mass is 192 g/mol. The van der Waals surface area contributed by atoms with Crippen molar-refractivity contribution < 1.29 is 4.79 Å². The van der Waals surface area contributed by atoms with Gasteiger partial charge in [0.1, 0.15) is 0 Å². The standard InChI is InChI=1S/C8H16N2O.ClH/c1-7(11)10-5-4-9-6-8(10,2)3;/h9H,4-6H2,1-3H3;1H. The van der Waals surface area contributed by atoms with E-state index in [1.165, 1.54) is 0 Å². The van der Waals surface area contributed by atoms with Crippen LogP contribution >= 0.6 is 12.4 Å². The molecule has 1 saturated heterocycles. The van der Waals surface area contributed by atoms with E-state index in [2.05, 4.69) is 19.2 Å². The smallest absolute Gasteiger partial charge is 0.219 e. The van der Waals surface area contributed by atoms with Crippen LogP contribution in [-0.4, -0.2) is 36.0 Å². The normalized spacial score (nSPS) is 21.4. The third kappa shape index (κ3) is 2.35. The molecule has 0 radical (unpaired) electrons. The summed E-state index contributed by atoms with van der Waals surface area (Å²) in [6.07, 6.45) is 0. The number of nitrogens with one attached hydrogen (secondary N) is 1. The third-order valence-electron chi connectivity index (χ3n) is 2.18. The van der Waals surface area contributed by atoms with E-state index in [9.17, 15) is 4.79 Å². The molecule has 0 atom stereocenters. The van der Waals surface area contributed by atoms with Gasteiger partial charge >= 0.3 is 0 Å². The minimum Gasteiger partial charge on any atom is -0.335 e.